The zero-order valence-electron chi connectivity index (χ0n) is 60.0. The molecule has 4 aliphatic rings. The lowest BCUT2D eigenvalue weighted by atomic mass is 9.34. The maximum Gasteiger partial charge on any atom is 0.252 e. The number of fused-ring (bicyclic) bond motifs is 26. The van der Waals surface area contributed by atoms with Gasteiger partial charge in [0.1, 0.15) is 0 Å². The van der Waals surface area contributed by atoms with Crippen LogP contribution >= 0.6 is 0 Å². The zero-order chi connectivity index (χ0) is 67.7. The van der Waals surface area contributed by atoms with Crippen LogP contribution in [0, 0.1) is 0 Å². The number of hydrogen-bond acceptors (Lipinski definition) is 0. The second-order valence-electron chi connectivity index (χ2n) is 35.2. The van der Waals surface area contributed by atoms with Crippen LogP contribution in [0.15, 0.2) is 212 Å². The van der Waals surface area contributed by atoms with Crippen LogP contribution in [0.4, 0.5) is 0 Å². The van der Waals surface area contributed by atoms with Crippen LogP contribution in [0.25, 0.3) is 153 Å². The lowest BCUT2D eigenvalue weighted by molar-refractivity contribution is 0.332. The summed E-state index contributed by atoms with van der Waals surface area (Å²) in [6.45, 7) is 34.1. The average Bonchev–Trinajstić information content (AvgIpc) is 1.53. The van der Waals surface area contributed by atoms with Crippen molar-refractivity contribution in [2.75, 3.05) is 0 Å². The summed E-state index contributed by atoms with van der Waals surface area (Å²) in [4.78, 5) is 0. The second kappa shape index (κ2) is 19.6. The van der Waals surface area contributed by atoms with E-state index in [4.69, 9.17) is 0 Å². The summed E-state index contributed by atoms with van der Waals surface area (Å²) >= 11 is 0. The number of rotatable bonds is 3. The summed E-state index contributed by atoms with van der Waals surface area (Å²) in [6.07, 6.45) is 4.65. The molecule has 0 N–H and O–H groups in total. The normalized spacial score (nSPS) is 16.5. The van der Waals surface area contributed by atoms with Gasteiger partial charge in [-0.05, 0) is 232 Å². The Kier molecular flexibility index (Phi) is 11.8. The molecule has 14 aromatic carbocycles. The van der Waals surface area contributed by atoms with Crippen LogP contribution in [-0.4, -0.2) is 15.8 Å². The molecule has 4 heterocycles. The topological polar surface area (TPSA) is 9.86 Å². The molecule has 2 aliphatic carbocycles. The molecule has 0 saturated carbocycles. The third kappa shape index (κ3) is 8.02. The van der Waals surface area contributed by atoms with E-state index < -0.39 is 0 Å². The molecule has 2 aromatic heterocycles. The van der Waals surface area contributed by atoms with Gasteiger partial charge < -0.3 is 9.13 Å². The Hall–Kier alpha value is -9.70. The van der Waals surface area contributed by atoms with Crippen molar-refractivity contribution >= 4 is 131 Å². The molecule has 0 atom stereocenters. The third-order valence-electron chi connectivity index (χ3n) is 25.5. The van der Waals surface area contributed by atoms with Crippen molar-refractivity contribution in [2.45, 2.75) is 155 Å². The minimum Gasteiger partial charge on any atom is -0.310 e. The van der Waals surface area contributed by atoms with Gasteiger partial charge >= 0.3 is 0 Å². The fourth-order valence-electron chi connectivity index (χ4n) is 19.9. The van der Waals surface area contributed by atoms with E-state index in [-0.39, 0.29) is 39.2 Å². The molecule has 482 valence electrons. The summed E-state index contributed by atoms with van der Waals surface area (Å²) in [6, 6.07) is 85.4. The molecule has 0 bridgehead atoms. The maximum absolute atomic E-state index is 2.81. The summed E-state index contributed by atoms with van der Waals surface area (Å²) < 4.78 is 5.56. The van der Waals surface area contributed by atoms with Crippen molar-refractivity contribution in [3.05, 3.63) is 246 Å². The third-order valence-corrected chi connectivity index (χ3v) is 25.5. The fraction of sp³-hybridized carbons (Fsp3) is 0.250. The zero-order valence-corrected chi connectivity index (χ0v) is 60.0. The van der Waals surface area contributed by atoms with Gasteiger partial charge in [-0.1, -0.05) is 273 Å². The SMILES string of the molecule is CC(C)(C)c1ccc2c(c1)c1cc(C(C)(C)C)cc3c1n2-c1cc(-c2c(-c4ccc5c(c4)C(C)(C)CCC5(C)C)cccc2-c2ccc4c(c2)C(C)(C)CCC4(C)C)cc2c1B3c1cc3c4ccccc4c4ccccc4c3c3c4c5c6ccccc6c6ccccc6c5ccc4n-2c13. The highest BCUT2D eigenvalue weighted by atomic mass is 15.0. The summed E-state index contributed by atoms with van der Waals surface area (Å²) in [5, 5.41) is 20.9. The smallest absolute Gasteiger partial charge is 0.252 e. The molecule has 0 fully saturated rings. The molecule has 0 amide bonds. The van der Waals surface area contributed by atoms with Crippen LogP contribution < -0.4 is 16.4 Å². The second-order valence-corrected chi connectivity index (χ2v) is 35.2. The van der Waals surface area contributed by atoms with Crippen molar-refractivity contribution in [1.29, 1.82) is 0 Å². The van der Waals surface area contributed by atoms with E-state index in [1.54, 1.807) is 0 Å². The molecule has 2 nitrogen and oxygen atoms in total. The van der Waals surface area contributed by atoms with Gasteiger partial charge in [-0.15, -0.1) is 0 Å². The predicted octanol–water partition coefficient (Wildman–Crippen LogP) is 24.2. The molecule has 3 heteroatoms. The van der Waals surface area contributed by atoms with E-state index in [9.17, 15) is 0 Å². The monoisotopic (exact) mass is 1280 g/mol. The van der Waals surface area contributed by atoms with Crippen LogP contribution in [-0.2, 0) is 32.5 Å². The highest BCUT2D eigenvalue weighted by molar-refractivity contribution is 7.00. The standard InChI is InChI=1S/C96H85BN2/c1-91(2,3)57-36-40-79-70(50-57)72-51-58(92(4,5)6)52-77-89(72)98(79)81-48-56(83-59(54-34-38-73-75(46-54)95(11,12)44-42-93(73,7)8)32-23-33-60(83)55-35-39-74-76(47-55)96(13,14)45-43-94(74,9)10)49-82-88(81)97(77)78-53-71-66-29-18-16-25-62(66)64-27-20-22-31-68(64)85(71)87-86-80(99(82)90(78)87)41-37-69-65-28-17-15-24-61(65)63-26-19-21-30-67(63)84(69)86/h15-41,46-53H,42-45H2,1-14H3. The van der Waals surface area contributed by atoms with Crippen molar-refractivity contribution in [1.82, 2.24) is 9.13 Å². The maximum atomic E-state index is 2.81. The number of nitrogens with zero attached hydrogens (tertiary/aromatic N) is 2. The van der Waals surface area contributed by atoms with Crippen molar-refractivity contribution in [3.8, 4) is 44.8 Å². The van der Waals surface area contributed by atoms with Gasteiger partial charge in [-0.2, -0.15) is 0 Å². The van der Waals surface area contributed by atoms with E-state index in [0.29, 0.717) is 0 Å². The first-order valence-corrected chi connectivity index (χ1v) is 36.7. The fourth-order valence-corrected chi connectivity index (χ4v) is 19.9. The van der Waals surface area contributed by atoms with Crippen LogP contribution in [0.2, 0.25) is 0 Å². The molecule has 0 radical (unpaired) electrons. The highest BCUT2D eigenvalue weighted by Crippen LogP contribution is 2.55. The number of hydrogen-bond donors (Lipinski definition) is 0. The van der Waals surface area contributed by atoms with E-state index in [1.807, 2.05) is 0 Å². The summed E-state index contributed by atoms with van der Waals surface area (Å²) in [5.74, 6) is 0. The molecular formula is C96H85BN2. The number of benzene rings is 14. The largest absolute Gasteiger partial charge is 0.310 e. The molecule has 0 saturated heterocycles. The van der Waals surface area contributed by atoms with E-state index in [2.05, 4.69) is 318 Å². The first kappa shape index (κ1) is 59.4. The van der Waals surface area contributed by atoms with Crippen LogP contribution in [0.1, 0.15) is 156 Å². The summed E-state index contributed by atoms with van der Waals surface area (Å²) in [5.41, 5.74) is 28.0. The van der Waals surface area contributed by atoms with E-state index in [0.717, 1.165) is 12.8 Å². The van der Waals surface area contributed by atoms with Gasteiger partial charge in [0.2, 0.25) is 0 Å². The van der Waals surface area contributed by atoms with Crippen molar-refractivity contribution in [3.63, 3.8) is 0 Å². The Morgan fingerprint density at radius 1 is 0.303 bits per heavy atom. The van der Waals surface area contributed by atoms with Crippen molar-refractivity contribution in [2.24, 2.45) is 0 Å². The number of aromatic nitrogens is 2. The minimum atomic E-state index is -0.142. The Morgan fingerprint density at radius 3 is 1.24 bits per heavy atom. The van der Waals surface area contributed by atoms with Gasteiger partial charge in [0.05, 0.1) is 16.6 Å². The molecule has 16 aromatic rings. The predicted molar refractivity (Wildman–Crippen MR) is 429 cm³/mol. The van der Waals surface area contributed by atoms with Gasteiger partial charge in [0, 0.05) is 49.2 Å². The quantitative estimate of drug-likeness (QED) is 0.123. The molecule has 2 aliphatic heterocycles. The molecule has 20 rings (SSSR count). The molecule has 0 spiro atoms. The van der Waals surface area contributed by atoms with Crippen LogP contribution in [0.5, 0.6) is 0 Å². The Morgan fingerprint density at radius 2 is 0.727 bits per heavy atom. The van der Waals surface area contributed by atoms with Gasteiger partial charge in [-0.25, -0.2) is 0 Å². The highest BCUT2D eigenvalue weighted by Gasteiger charge is 2.45. The lowest BCUT2D eigenvalue weighted by Crippen LogP contribution is -2.59. The molecule has 99 heavy (non-hydrogen) atoms. The van der Waals surface area contributed by atoms with Gasteiger partial charge in [0.15, 0.2) is 0 Å². The van der Waals surface area contributed by atoms with E-state index in [1.165, 1.54) is 216 Å². The Labute approximate surface area is 582 Å². The summed E-state index contributed by atoms with van der Waals surface area (Å²) in [7, 11) is 0. The minimum absolute atomic E-state index is 0.0201. The molecular weight excluding hydrogens is 1190 g/mol. The first-order valence-electron chi connectivity index (χ1n) is 36.7. The van der Waals surface area contributed by atoms with Gasteiger partial charge in [-0.3, -0.25) is 0 Å². The van der Waals surface area contributed by atoms with Crippen LogP contribution in [0.3, 0.4) is 0 Å². The molecule has 0 unspecified atom stereocenters. The Bertz CT molecular complexity index is 6240. The Balaban J connectivity index is 1.02. The van der Waals surface area contributed by atoms with Gasteiger partial charge in [0.25, 0.3) is 6.71 Å². The van der Waals surface area contributed by atoms with Crippen molar-refractivity contribution < 1.29 is 0 Å². The van der Waals surface area contributed by atoms with E-state index >= 15 is 0 Å². The lowest BCUT2D eigenvalue weighted by Gasteiger charge is -2.42. The first-order chi connectivity index (χ1) is 47.4. The average molecular weight is 1280 g/mol.